The summed E-state index contributed by atoms with van der Waals surface area (Å²) < 4.78 is 7.84. The number of likely N-dealkylation sites (tertiary alicyclic amines) is 1. The van der Waals surface area contributed by atoms with Crippen LogP contribution in [0.15, 0.2) is 29.2 Å². The molecule has 27 heavy (non-hydrogen) atoms. The van der Waals surface area contributed by atoms with Gasteiger partial charge >= 0.3 is 6.03 Å². The minimum Gasteiger partial charge on any atom is -0.459 e. The van der Waals surface area contributed by atoms with Crippen LogP contribution in [-0.4, -0.2) is 38.8 Å². The number of hydrogen-bond donors (Lipinski definition) is 1. The molecule has 1 fully saturated rings. The van der Waals surface area contributed by atoms with Crippen LogP contribution in [0.1, 0.15) is 37.1 Å². The first-order chi connectivity index (χ1) is 13.1. The molecule has 0 bridgehead atoms. The SMILES string of the molecule is CCc1oc2c(Cl)cc(NC(=O)N3CCC(n4cnnc4)CC3)cc2c1C. The van der Waals surface area contributed by atoms with Crippen LogP contribution in [0.4, 0.5) is 10.5 Å². The molecule has 1 aliphatic rings. The number of nitrogens with zero attached hydrogens (tertiary/aromatic N) is 4. The second-order valence-electron chi connectivity index (χ2n) is 6.90. The summed E-state index contributed by atoms with van der Waals surface area (Å²) in [7, 11) is 0. The second kappa shape index (κ2) is 7.23. The minimum atomic E-state index is -0.107. The third-order valence-corrected chi connectivity index (χ3v) is 5.55. The Morgan fingerprint density at radius 2 is 2.00 bits per heavy atom. The molecule has 0 radical (unpaired) electrons. The van der Waals surface area contributed by atoms with E-state index in [4.69, 9.17) is 16.0 Å². The molecule has 0 atom stereocenters. The number of furan rings is 1. The molecule has 1 N–H and O–H groups in total. The van der Waals surface area contributed by atoms with Gasteiger partial charge in [-0.05, 0) is 37.5 Å². The van der Waals surface area contributed by atoms with Gasteiger partial charge in [-0.2, -0.15) is 0 Å². The lowest BCUT2D eigenvalue weighted by atomic mass is 10.1. The molecule has 0 spiro atoms. The number of carbonyl (C=O) groups is 1. The van der Waals surface area contributed by atoms with Crippen molar-refractivity contribution in [3.05, 3.63) is 41.1 Å². The van der Waals surface area contributed by atoms with E-state index in [9.17, 15) is 4.79 Å². The summed E-state index contributed by atoms with van der Waals surface area (Å²) in [5.74, 6) is 0.923. The normalized spacial score (nSPS) is 15.4. The number of rotatable bonds is 3. The number of nitrogens with one attached hydrogen (secondary N) is 1. The molecule has 7 nitrogen and oxygen atoms in total. The van der Waals surface area contributed by atoms with E-state index < -0.39 is 0 Å². The molecule has 3 heterocycles. The van der Waals surface area contributed by atoms with E-state index >= 15 is 0 Å². The highest BCUT2D eigenvalue weighted by molar-refractivity contribution is 6.35. The smallest absolute Gasteiger partial charge is 0.321 e. The van der Waals surface area contributed by atoms with Crippen molar-refractivity contribution >= 4 is 34.3 Å². The van der Waals surface area contributed by atoms with Gasteiger partial charge in [0.2, 0.25) is 0 Å². The van der Waals surface area contributed by atoms with Gasteiger partial charge in [0, 0.05) is 36.6 Å². The van der Waals surface area contributed by atoms with E-state index in [0.29, 0.717) is 35.4 Å². The van der Waals surface area contributed by atoms with Crippen LogP contribution < -0.4 is 5.32 Å². The van der Waals surface area contributed by atoms with Crippen LogP contribution in [0.3, 0.4) is 0 Å². The molecular formula is C19H22ClN5O2. The van der Waals surface area contributed by atoms with Crippen molar-refractivity contribution in [3.63, 3.8) is 0 Å². The largest absolute Gasteiger partial charge is 0.459 e. The highest BCUT2D eigenvalue weighted by Gasteiger charge is 2.24. The summed E-state index contributed by atoms with van der Waals surface area (Å²) >= 11 is 6.38. The van der Waals surface area contributed by atoms with Crippen LogP contribution in [-0.2, 0) is 6.42 Å². The van der Waals surface area contributed by atoms with Gasteiger partial charge in [0.1, 0.15) is 18.4 Å². The molecule has 4 rings (SSSR count). The van der Waals surface area contributed by atoms with Gasteiger partial charge in [0.15, 0.2) is 5.58 Å². The molecule has 8 heteroatoms. The van der Waals surface area contributed by atoms with E-state index in [1.165, 1.54) is 0 Å². The fourth-order valence-electron chi connectivity index (χ4n) is 3.70. The molecule has 0 saturated carbocycles. The predicted molar refractivity (Wildman–Crippen MR) is 104 cm³/mol. The Hall–Kier alpha value is -2.54. The molecule has 1 aromatic carbocycles. The van der Waals surface area contributed by atoms with E-state index in [1.54, 1.807) is 18.7 Å². The molecule has 1 aliphatic heterocycles. The summed E-state index contributed by atoms with van der Waals surface area (Å²) in [6, 6.07) is 3.91. The van der Waals surface area contributed by atoms with Gasteiger partial charge in [-0.15, -0.1) is 10.2 Å². The lowest BCUT2D eigenvalue weighted by Crippen LogP contribution is -2.41. The first-order valence-corrected chi connectivity index (χ1v) is 9.56. The topological polar surface area (TPSA) is 76.2 Å². The number of aryl methyl sites for hydroxylation is 2. The predicted octanol–water partition coefficient (Wildman–Crippen LogP) is 4.42. The molecular weight excluding hydrogens is 366 g/mol. The Bertz CT molecular complexity index is 958. The Morgan fingerprint density at radius 3 is 2.67 bits per heavy atom. The average molecular weight is 388 g/mol. The van der Waals surface area contributed by atoms with Crippen LogP contribution in [0, 0.1) is 6.92 Å². The molecule has 0 unspecified atom stereocenters. The number of piperidine rings is 1. The molecule has 3 aromatic rings. The standard InChI is InChI=1S/C19H22ClN5O2/c1-3-17-12(2)15-8-13(9-16(20)18(15)27-17)23-19(26)24-6-4-14(5-7-24)25-10-21-22-11-25/h8-11,14H,3-7H2,1-2H3,(H,23,26). The number of hydrogen-bond acceptors (Lipinski definition) is 4. The number of fused-ring (bicyclic) bond motifs is 1. The Balaban J connectivity index is 1.46. The van der Waals surface area contributed by atoms with Crippen molar-refractivity contribution < 1.29 is 9.21 Å². The van der Waals surface area contributed by atoms with Gasteiger partial charge in [-0.3, -0.25) is 0 Å². The molecule has 2 amide bonds. The number of anilines is 1. The fraction of sp³-hybridized carbons (Fsp3) is 0.421. The lowest BCUT2D eigenvalue weighted by Gasteiger charge is -2.32. The van der Waals surface area contributed by atoms with Crippen molar-refractivity contribution in [1.82, 2.24) is 19.7 Å². The Morgan fingerprint density at radius 1 is 1.30 bits per heavy atom. The van der Waals surface area contributed by atoms with Gasteiger partial charge in [-0.1, -0.05) is 18.5 Å². The van der Waals surface area contributed by atoms with Crippen molar-refractivity contribution in [2.24, 2.45) is 0 Å². The van der Waals surface area contributed by atoms with Crippen LogP contribution in [0.5, 0.6) is 0 Å². The maximum atomic E-state index is 12.7. The van der Waals surface area contributed by atoms with Crippen LogP contribution in [0.25, 0.3) is 11.0 Å². The highest BCUT2D eigenvalue weighted by Crippen LogP contribution is 2.34. The third-order valence-electron chi connectivity index (χ3n) is 5.27. The maximum Gasteiger partial charge on any atom is 0.321 e. The van der Waals surface area contributed by atoms with Gasteiger partial charge in [-0.25, -0.2) is 4.79 Å². The number of amides is 2. The van der Waals surface area contributed by atoms with Crippen molar-refractivity contribution in [2.75, 3.05) is 18.4 Å². The Labute approximate surface area is 162 Å². The van der Waals surface area contributed by atoms with E-state index in [-0.39, 0.29) is 6.03 Å². The van der Waals surface area contributed by atoms with Crippen LogP contribution in [0.2, 0.25) is 5.02 Å². The van der Waals surface area contributed by atoms with E-state index in [1.807, 2.05) is 29.4 Å². The monoisotopic (exact) mass is 387 g/mol. The van der Waals surface area contributed by atoms with Crippen LogP contribution >= 0.6 is 11.6 Å². The van der Waals surface area contributed by atoms with Gasteiger partial charge in [0.25, 0.3) is 0 Å². The number of carbonyl (C=O) groups excluding carboxylic acids is 1. The molecule has 0 aliphatic carbocycles. The highest BCUT2D eigenvalue weighted by atomic mass is 35.5. The summed E-state index contributed by atoms with van der Waals surface area (Å²) in [5.41, 5.74) is 2.43. The summed E-state index contributed by atoms with van der Waals surface area (Å²) in [6.07, 6.45) is 6.03. The lowest BCUT2D eigenvalue weighted by molar-refractivity contribution is 0.183. The first-order valence-electron chi connectivity index (χ1n) is 9.18. The maximum absolute atomic E-state index is 12.7. The second-order valence-corrected chi connectivity index (χ2v) is 7.30. The summed E-state index contributed by atoms with van der Waals surface area (Å²) in [4.78, 5) is 14.5. The van der Waals surface area contributed by atoms with Crippen molar-refractivity contribution in [3.8, 4) is 0 Å². The van der Waals surface area contributed by atoms with Gasteiger partial charge < -0.3 is 19.2 Å². The quantitative estimate of drug-likeness (QED) is 0.721. The molecule has 1 saturated heterocycles. The molecule has 2 aromatic heterocycles. The average Bonchev–Trinajstić information content (AvgIpc) is 3.31. The Kier molecular flexibility index (Phi) is 4.78. The summed E-state index contributed by atoms with van der Waals surface area (Å²) in [6.45, 7) is 5.44. The zero-order valence-electron chi connectivity index (χ0n) is 15.4. The zero-order chi connectivity index (χ0) is 19.0. The zero-order valence-corrected chi connectivity index (χ0v) is 16.2. The number of urea groups is 1. The summed E-state index contributed by atoms with van der Waals surface area (Å²) in [5, 5.41) is 12.1. The van der Waals surface area contributed by atoms with Crippen molar-refractivity contribution in [1.29, 1.82) is 0 Å². The number of benzene rings is 1. The molecule has 142 valence electrons. The van der Waals surface area contributed by atoms with E-state index in [0.717, 1.165) is 36.0 Å². The first kappa shape index (κ1) is 17.9. The third kappa shape index (κ3) is 3.39. The fourth-order valence-corrected chi connectivity index (χ4v) is 3.96. The number of halogens is 1. The number of aromatic nitrogens is 3. The van der Waals surface area contributed by atoms with E-state index in [2.05, 4.69) is 15.5 Å². The minimum absolute atomic E-state index is 0.107. The van der Waals surface area contributed by atoms with Gasteiger partial charge in [0.05, 0.1) is 5.02 Å². The van der Waals surface area contributed by atoms with Crippen molar-refractivity contribution in [2.45, 2.75) is 39.2 Å².